The molecule has 0 unspecified atom stereocenters. The maximum absolute atomic E-state index is 13.1. The normalized spacial score (nSPS) is 21.9. The summed E-state index contributed by atoms with van der Waals surface area (Å²) >= 11 is 1.58. The summed E-state index contributed by atoms with van der Waals surface area (Å²) in [6.07, 6.45) is 1.62. The van der Waals surface area contributed by atoms with E-state index in [2.05, 4.69) is 5.32 Å². The number of nitrogens with one attached hydrogen (secondary N) is 1. The molecular weight excluding hydrogens is 283 g/mol. The molecular formula is C15H18F3NS. The predicted molar refractivity (Wildman–Crippen MR) is 76.2 cm³/mol. The number of hydrogen-bond donors (Lipinski definition) is 1. The lowest BCUT2D eigenvalue weighted by atomic mass is 9.75. The van der Waals surface area contributed by atoms with E-state index in [1.165, 1.54) is 31.4 Å². The molecule has 1 aromatic rings. The minimum absolute atomic E-state index is 0.171. The van der Waals surface area contributed by atoms with E-state index in [4.69, 9.17) is 0 Å². The van der Waals surface area contributed by atoms with E-state index in [-0.39, 0.29) is 11.1 Å². The highest BCUT2D eigenvalue weighted by Crippen LogP contribution is 2.47. The molecule has 110 valence electrons. The van der Waals surface area contributed by atoms with Crippen molar-refractivity contribution in [2.45, 2.75) is 43.2 Å². The molecule has 0 amide bonds. The summed E-state index contributed by atoms with van der Waals surface area (Å²) in [4.78, 5) is 0.738. The van der Waals surface area contributed by atoms with Gasteiger partial charge in [-0.1, -0.05) is 25.3 Å². The zero-order valence-electron chi connectivity index (χ0n) is 11.2. The molecule has 1 spiro atoms. The van der Waals surface area contributed by atoms with Crippen LogP contribution in [0, 0.1) is 5.41 Å². The van der Waals surface area contributed by atoms with Gasteiger partial charge in [-0.15, -0.1) is 11.8 Å². The van der Waals surface area contributed by atoms with E-state index in [0.29, 0.717) is 6.54 Å². The Morgan fingerprint density at radius 2 is 1.85 bits per heavy atom. The highest BCUT2D eigenvalue weighted by Gasteiger charge is 2.38. The fourth-order valence-corrected chi connectivity index (χ4v) is 4.60. The average molecular weight is 301 g/mol. The number of halogens is 3. The van der Waals surface area contributed by atoms with Crippen LogP contribution in [0.2, 0.25) is 0 Å². The third-order valence-electron chi connectivity index (χ3n) is 4.42. The molecule has 1 aliphatic heterocycles. The molecule has 1 heterocycles. The van der Waals surface area contributed by atoms with Crippen LogP contribution in [0.1, 0.15) is 37.7 Å². The van der Waals surface area contributed by atoms with Crippen molar-refractivity contribution in [2.24, 2.45) is 5.41 Å². The first-order chi connectivity index (χ1) is 9.50. The molecule has 2 aliphatic rings. The van der Waals surface area contributed by atoms with Crippen LogP contribution in [0.25, 0.3) is 0 Å². The zero-order chi connectivity index (χ0) is 14.2. The molecule has 1 nitrogen and oxygen atoms in total. The lowest BCUT2D eigenvalue weighted by Crippen LogP contribution is -2.33. The molecule has 5 heteroatoms. The minimum Gasteiger partial charge on any atom is -0.383 e. The second-order valence-corrected chi connectivity index (χ2v) is 6.90. The van der Waals surface area contributed by atoms with Crippen LogP contribution in [0.5, 0.6) is 0 Å². The molecule has 1 fully saturated rings. The molecule has 1 saturated carbocycles. The van der Waals surface area contributed by atoms with E-state index < -0.39 is 11.7 Å². The summed E-state index contributed by atoms with van der Waals surface area (Å²) in [5, 5.41) is 3.12. The molecule has 1 aliphatic carbocycles. The van der Waals surface area contributed by atoms with Gasteiger partial charge in [0.2, 0.25) is 0 Å². The van der Waals surface area contributed by atoms with Gasteiger partial charge in [0, 0.05) is 17.2 Å². The van der Waals surface area contributed by atoms with Crippen molar-refractivity contribution in [3.8, 4) is 0 Å². The van der Waals surface area contributed by atoms with Crippen molar-refractivity contribution in [3.63, 3.8) is 0 Å². The predicted octanol–water partition coefficient (Wildman–Crippen LogP) is 5.17. The number of para-hydroxylation sites is 1. The lowest BCUT2D eigenvalue weighted by Gasteiger charge is -2.36. The van der Waals surface area contributed by atoms with Crippen molar-refractivity contribution in [1.29, 1.82) is 0 Å². The van der Waals surface area contributed by atoms with Crippen molar-refractivity contribution >= 4 is 17.4 Å². The third-order valence-corrected chi connectivity index (χ3v) is 5.83. The number of rotatable bonds is 0. The molecule has 0 saturated heterocycles. The van der Waals surface area contributed by atoms with Crippen LogP contribution >= 0.6 is 11.8 Å². The van der Waals surface area contributed by atoms with E-state index in [1.807, 2.05) is 0 Å². The molecule has 0 atom stereocenters. The van der Waals surface area contributed by atoms with Crippen molar-refractivity contribution < 1.29 is 13.2 Å². The van der Waals surface area contributed by atoms with Crippen LogP contribution in [-0.4, -0.2) is 12.3 Å². The van der Waals surface area contributed by atoms with Gasteiger partial charge < -0.3 is 5.32 Å². The molecule has 3 rings (SSSR count). The van der Waals surface area contributed by atoms with E-state index in [0.717, 1.165) is 23.5 Å². The Hall–Kier alpha value is -0.840. The Balaban J connectivity index is 1.90. The second-order valence-electron chi connectivity index (χ2n) is 5.88. The van der Waals surface area contributed by atoms with Crippen LogP contribution in [0.15, 0.2) is 23.1 Å². The lowest BCUT2D eigenvalue weighted by molar-refractivity contribution is -0.137. The van der Waals surface area contributed by atoms with Gasteiger partial charge in [-0.05, 0) is 30.4 Å². The van der Waals surface area contributed by atoms with Gasteiger partial charge in [0.1, 0.15) is 0 Å². The van der Waals surface area contributed by atoms with Crippen LogP contribution in [0.3, 0.4) is 0 Å². The molecule has 0 bridgehead atoms. The van der Waals surface area contributed by atoms with E-state index >= 15 is 0 Å². The average Bonchev–Trinajstić information content (AvgIpc) is 2.59. The van der Waals surface area contributed by atoms with Crippen LogP contribution < -0.4 is 5.32 Å². The number of hydrogen-bond acceptors (Lipinski definition) is 2. The number of fused-ring (bicyclic) bond motifs is 1. The topological polar surface area (TPSA) is 12.0 Å². The summed E-state index contributed by atoms with van der Waals surface area (Å²) in [5.74, 6) is 0.925. The number of alkyl halides is 3. The molecule has 1 aromatic carbocycles. The Morgan fingerprint density at radius 3 is 2.55 bits per heavy atom. The molecule has 0 radical (unpaired) electrons. The quantitative estimate of drug-likeness (QED) is 0.709. The fraction of sp³-hybridized carbons (Fsp3) is 0.600. The van der Waals surface area contributed by atoms with Gasteiger partial charge in [-0.25, -0.2) is 0 Å². The summed E-state index contributed by atoms with van der Waals surface area (Å²) < 4.78 is 39.3. The van der Waals surface area contributed by atoms with E-state index in [1.54, 1.807) is 17.8 Å². The summed E-state index contributed by atoms with van der Waals surface area (Å²) in [7, 11) is 0. The number of benzene rings is 1. The van der Waals surface area contributed by atoms with Gasteiger partial charge in [0.15, 0.2) is 0 Å². The van der Waals surface area contributed by atoms with Gasteiger partial charge in [0.05, 0.1) is 11.3 Å². The highest BCUT2D eigenvalue weighted by atomic mass is 32.2. The minimum atomic E-state index is -4.29. The smallest absolute Gasteiger partial charge is 0.383 e. The molecule has 1 N–H and O–H groups in total. The Kier molecular flexibility index (Phi) is 3.65. The zero-order valence-corrected chi connectivity index (χ0v) is 12.0. The standard InChI is InChI=1S/C15H18F3NS/c16-15(17,18)11-5-4-6-12-13(11)19-9-14(10-20-12)7-2-1-3-8-14/h4-6,19H,1-3,7-10H2. The Labute approximate surface area is 121 Å². The van der Waals surface area contributed by atoms with Gasteiger partial charge in [0.25, 0.3) is 0 Å². The number of anilines is 1. The summed E-state index contributed by atoms with van der Waals surface area (Å²) in [5.41, 5.74) is -0.0760. The van der Waals surface area contributed by atoms with Crippen LogP contribution in [-0.2, 0) is 6.18 Å². The first-order valence-corrected chi connectivity index (χ1v) is 8.06. The summed E-state index contributed by atoms with van der Waals surface area (Å²) in [6, 6.07) is 4.48. The third kappa shape index (κ3) is 2.65. The van der Waals surface area contributed by atoms with Crippen molar-refractivity contribution in [1.82, 2.24) is 0 Å². The van der Waals surface area contributed by atoms with Gasteiger partial charge >= 0.3 is 6.18 Å². The first-order valence-electron chi connectivity index (χ1n) is 7.07. The monoisotopic (exact) mass is 301 g/mol. The second kappa shape index (κ2) is 5.17. The first kappa shape index (κ1) is 14.1. The van der Waals surface area contributed by atoms with Gasteiger partial charge in [-0.2, -0.15) is 13.2 Å². The highest BCUT2D eigenvalue weighted by molar-refractivity contribution is 7.99. The van der Waals surface area contributed by atoms with Gasteiger partial charge in [-0.3, -0.25) is 0 Å². The van der Waals surface area contributed by atoms with Crippen molar-refractivity contribution in [3.05, 3.63) is 23.8 Å². The van der Waals surface area contributed by atoms with E-state index in [9.17, 15) is 13.2 Å². The fourth-order valence-electron chi connectivity index (χ4n) is 3.25. The Bertz CT molecular complexity index is 492. The Morgan fingerprint density at radius 1 is 1.10 bits per heavy atom. The van der Waals surface area contributed by atoms with Crippen LogP contribution in [0.4, 0.5) is 18.9 Å². The molecule has 0 aromatic heterocycles. The largest absolute Gasteiger partial charge is 0.418 e. The van der Waals surface area contributed by atoms with Crippen molar-refractivity contribution in [2.75, 3.05) is 17.6 Å². The maximum atomic E-state index is 13.1. The summed E-state index contributed by atoms with van der Waals surface area (Å²) in [6.45, 7) is 0.667. The molecule has 20 heavy (non-hydrogen) atoms. The SMILES string of the molecule is FC(F)(F)c1cccc2c1NCC1(CCCCC1)CS2. The number of thioether (sulfide) groups is 1. The maximum Gasteiger partial charge on any atom is 0.418 e.